The normalized spacial score (nSPS) is 31.4. The molecular formula is C38H46N2O5S. The number of nitrogens with one attached hydrogen (secondary N) is 2. The van der Waals surface area contributed by atoms with Crippen molar-refractivity contribution >= 4 is 17.8 Å². The molecule has 3 N–H and O–H groups in total. The number of rotatable bonds is 10. The quantitative estimate of drug-likeness (QED) is 0.198. The van der Waals surface area contributed by atoms with E-state index in [1.807, 2.05) is 54.6 Å². The molecule has 7 nitrogen and oxygen atoms in total. The summed E-state index contributed by atoms with van der Waals surface area (Å²) in [6.45, 7) is 2.66. The van der Waals surface area contributed by atoms with Crippen LogP contribution in [0.25, 0.3) is 0 Å². The fourth-order valence-corrected chi connectivity index (χ4v) is 9.94. The summed E-state index contributed by atoms with van der Waals surface area (Å²) >= 11 is 1.73. The SMILES string of the molecule is COc1ccccc1SC[C@H]1O[C@@H](c2ccc(CNC(=O)NC34CC5CC(CC(C5)C3)C4)cc2)O[C@@H](c2ccc(CO)cc2)[C@H]1C. The molecule has 4 saturated carbocycles. The lowest BCUT2D eigenvalue weighted by atomic mass is 9.53. The second-order valence-corrected chi connectivity index (χ2v) is 15.1. The third-order valence-electron chi connectivity index (χ3n) is 10.7. The standard InChI is InChI=1S/C38H46N2O5S/c1-24-33(23-46-34-6-4-3-5-32(34)43-2)44-36(45-35(24)30-11-9-26(22-41)10-12-30)31-13-7-25(8-14-31)21-39-37(42)40-38-18-27-15-28(19-38)17-29(16-27)20-38/h3-14,24,27-29,33,35-36,41H,15-23H2,1-2H3,(H2,39,40,42)/t24-,27?,28?,29?,33+,35+,36+,38?/m0/s1. The summed E-state index contributed by atoms with van der Waals surface area (Å²) in [7, 11) is 1.70. The molecule has 0 unspecified atom stereocenters. The monoisotopic (exact) mass is 642 g/mol. The molecule has 4 bridgehead atoms. The van der Waals surface area contributed by atoms with E-state index in [0.29, 0.717) is 6.54 Å². The van der Waals surface area contributed by atoms with Gasteiger partial charge in [0.05, 0.1) is 25.9 Å². The van der Waals surface area contributed by atoms with Gasteiger partial charge in [-0.1, -0.05) is 67.6 Å². The first kappa shape index (κ1) is 31.6. The fraction of sp³-hybridized carbons (Fsp3) is 0.500. The molecule has 244 valence electrons. The van der Waals surface area contributed by atoms with E-state index in [9.17, 15) is 9.90 Å². The lowest BCUT2D eigenvalue weighted by Gasteiger charge is -2.56. The predicted molar refractivity (Wildman–Crippen MR) is 179 cm³/mol. The molecule has 4 aliphatic carbocycles. The molecule has 2 amide bonds. The van der Waals surface area contributed by atoms with Crippen molar-refractivity contribution in [2.24, 2.45) is 23.7 Å². The summed E-state index contributed by atoms with van der Waals surface area (Å²) in [5, 5.41) is 16.1. The van der Waals surface area contributed by atoms with Gasteiger partial charge in [-0.25, -0.2) is 4.79 Å². The maximum Gasteiger partial charge on any atom is 0.315 e. The second kappa shape index (κ2) is 13.6. The van der Waals surface area contributed by atoms with Gasteiger partial charge >= 0.3 is 6.03 Å². The van der Waals surface area contributed by atoms with E-state index in [2.05, 4.69) is 35.8 Å². The van der Waals surface area contributed by atoms with E-state index in [4.69, 9.17) is 14.2 Å². The number of benzene rings is 3. The summed E-state index contributed by atoms with van der Waals surface area (Å²) in [6, 6.07) is 24.2. The summed E-state index contributed by atoms with van der Waals surface area (Å²) in [6.07, 6.45) is 6.73. The Hall–Kier alpha value is -3.04. The zero-order valence-corrected chi connectivity index (χ0v) is 27.6. The number of carbonyl (C=O) groups is 1. The molecule has 3 aromatic carbocycles. The van der Waals surface area contributed by atoms with E-state index in [0.717, 1.165) is 75.7 Å². The first-order valence-corrected chi connectivity index (χ1v) is 17.8. The number of aliphatic hydroxyl groups is 1. The van der Waals surface area contributed by atoms with Crippen LogP contribution in [0.2, 0.25) is 0 Å². The topological polar surface area (TPSA) is 89.1 Å². The molecule has 3 aromatic rings. The zero-order valence-electron chi connectivity index (χ0n) is 26.8. The van der Waals surface area contributed by atoms with Gasteiger partial charge in [0.2, 0.25) is 0 Å². The largest absolute Gasteiger partial charge is 0.496 e. The molecule has 0 radical (unpaired) electrons. The van der Waals surface area contributed by atoms with Gasteiger partial charge in [-0.3, -0.25) is 0 Å². The van der Waals surface area contributed by atoms with Crippen LogP contribution in [-0.4, -0.2) is 35.6 Å². The summed E-state index contributed by atoms with van der Waals surface area (Å²) < 4.78 is 18.9. The molecular weight excluding hydrogens is 596 g/mol. The van der Waals surface area contributed by atoms with Crippen molar-refractivity contribution in [3.63, 3.8) is 0 Å². The summed E-state index contributed by atoms with van der Waals surface area (Å²) in [5.74, 6) is 4.08. The summed E-state index contributed by atoms with van der Waals surface area (Å²) in [5.41, 5.74) is 3.92. The highest BCUT2D eigenvalue weighted by molar-refractivity contribution is 7.99. The van der Waals surface area contributed by atoms with E-state index in [-0.39, 0.29) is 36.3 Å². The van der Waals surface area contributed by atoms with Gasteiger partial charge in [-0.15, -0.1) is 11.8 Å². The van der Waals surface area contributed by atoms with E-state index >= 15 is 0 Å². The van der Waals surface area contributed by atoms with Crippen LogP contribution in [0.5, 0.6) is 5.75 Å². The van der Waals surface area contributed by atoms with E-state index < -0.39 is 6.29 Å². The molecule has 5 aliphatic rings. The third kappa shape index (κ3) is 6.82. The number of hydrogen-bond acceptors (Lipinski definition) is 6. The Morgan fingerprint density at radius 3 is 2.17 bits per heavy atom. The highest BCUT2D eigenvalue weighted by atomic mass is 32.2. The molecule has 4 atom stereocenters. The lowest BCUT2D eigenvalue weighted by Crippen LogP contribution is -2.61. The Bertz CT molecular complexity index is 1460. The van der Waals surface area contributed by atoms with Crippen molar-refractivity contribution in [1.29, 1.82) is 0 Å². The number of amides is 2. The van der Waals surface area contributed by atoms with Crippen LogP contribution in [0.1, 0.15) is 80.1 Å². The molecule has 8 heteroatoms. The molecule has 1 saturated heterocycles. The van der Waals surface area contributed by atoms with Crippen LogP contribution < -0.4 is 15.4 Å². The highest BCUT2D eigenvalue weighted by Crippen LogP contribution is 2.55. The molecule has 5 fully saturated rings. The number of para-hydroxylation sites is 1. The van der Waals surface area contributed by atoms with Crippen LogP contribution in [0.15, 0.2) is 77.7 Å². The van der Waals surface area contributed by atoms with Crippen LogP contribution >= 0.6 is 11.8 Å². The van der Waals surface area contributed by atoms with Crippen molar-refractivity contribution in [3.05, 3.63) is 95.1 Å². The first-order chi connectivity index (χ1) is 22.4. The number of thioether (sulfide) groups is 1. The molecule has 8 rings (SSSR count). The fourth-order valence-electron chi connectivity index (χ4n) is 8.74. The Balaban J connectivity index is 1.01. The average Bonchev–Trinajstić information content (AvgIpc) is 3.06. The van der Waals surface area contributed by atoms with Crippen molar-refractivity contribution < 1.29 is 24.1 Å². The molecule has 0 aromatic heterocycles. The number of methoxy groups -OCH3 is 1. The Kier molecular flexibility index (Phi) is 9.33. The highest BCUT2D eigenvalue weighted by Gasteiger charge is 2.51. The number of hydrogen-bond donors (Lipinski definition) is 3. The van der Waals surface area contributed by atoms with Gasteiger partial charge in [0.15, 0.2) is 6.29 Å². The van der Waals surface area contributed by atoms with Gasteiger partial charge in [0.1, 0.15) is 5.75 Å². The van der Waals surface area contributed by atoms with Crippen LogP contribution in [0.3, 0.4) is 0 Å². The van der Waals surface area contributed by atoms with Crippen LogP contribution in [0.4, 0.5) is 4.79 Å². The van der Waals surface area contributed by atoms with Gasteiger partial charge in [-0.05, 0) is 85.1 Å². The number of carbonyl (C=O) groups excluding carboxylic acids is 1. The predicted octanol–water partition coefficient (Wildman–Crippen LogP) is 7.54. The average molecular weight is 643 g/mol. The third-order valence-corrected chi connectivity index (χ3v) is 11.9. The Labute approximate surface area is 276 Å². The molecule has 1 aliphatic heterocycles. The minimum absolute atomic E-state index is 0.00487. The minimum atomic E-state index is -0.539. The van der Waals surface area contributed by atoms with E-state index in [1.54, 1.807) is 18.9 Å². The maximum absolute atomic E-state index is 13.0. The van der Waals surface area contributed by atoms with Crippen molar-refractivity contribution in [3.8, 4) is 5.75 Å². The number of urea groups is 1. The Morgan fingerprint density at radius 1 is 0.891 bits per heavy atom. The van der Waals surface area contributed by atoms with Crippen LogP contribution in [-0.2, 0) is 22.6 Å². The van der Waals surface area contributed by atoms with E-state index in [1.165, 1.54) is 19.3 Å². The van der Waals surface area contributed by atoms with Crippen molar-refractivity contribution in [2.45, 2.75) is 87.5 Å². The van der Waals surface area contributed by atoms with Gasteiger partial charge < -0.3 is 30.0 Å². The van der Waals surface area contributed by atoms with Crippen molar-refractivity contribution in [2.75, 3.05) is 12.9 Å². The van der Waals surface area contributed by atoms with Gasteiger partial charge in [0, 0.05) is 34.2 Å². The summed E-state index contributed by atoms with van der Waals surface area (Å²) in [4.78, 5) is 14.1. The van der Waals surface area contributed by atoms with Crippen LogP contribution in [0, 0.1) is 23.7 Å². The maximum atomic E-state index is 13.0. The number of ether oxygens (including phenoxy) is 3. The molecule has 0 spiro atoms. The first-order valence-electron chi connectivity index (χ1n) is 16.8. The lowest BCUT2D eigenvalue weighted by molar-refractivity contribution is -0.268. The molecule has 1 heterocycles. The number of aliphatic hydroxyl groups excluding tert-OH is 1. The molecule has 46 heavy (non-hydrogen) atoms. The zero-order chi connectivity index (χ0) is 31.7. The van der Waals surface area contributed by atoms with Crippen molar-refractivity contribution in [1.82, 2.24) is 10.6 Å². The smallest absolute Gasteiger partial charge is 0.315 e. The Morgan fingerprint density at radius 2 is 1.52 bits per heavy atom. The second-order valence-electron chi connectivity index (χ2n) is 14.0. The van der Waals surface area contributed by atoms with Gasteiger partial charge in [-0.2, -0.15) is 0 Å². The minimum Gasteiger partial charge on any atom is -0.496 e. The van der Waals surface area contributed by atoms with Gasteiger partial charge in [0.25, 0.3) is 0 Å².